The molecule has 0 heterocycles. The minimum atomic E-state index is -0.422. The van der Waals surface area contributed by atoms with Gasteiger partial charge in [-0.1, -0.05) is 20.8 Å². The Morgan fingerprint density at radius 1 is 1.24 bits per heavy atom. The van der Waals surface area contributed by atoms with Crippen LogP contribution in [0.15, 0.2) is 0 Å². The van der Waals surface area contributed by atoms with Gasteiger partial charge in [0.15, 0.2) is 0 Å². The van der Waals surface area contributed by atoms with Crippen LogP contribution in [-0.4, -0.2) is 38.0 Å². The summed E-state index contributed by atoms with van der Waals surface area (Å²) in [5, 5.41) is 8.42. The average molecular weight is 243 g/mol. The van der Waals surface area contributed by atoms with Crippen molar-refractivity contribution in [3.63, 3.8) is 0 Å². The van der Waals surface area contributed by atoms with Gasteiger partial charge in [-0.2, -0.15) is 0 Å². The number of carbonyl (C=O) groups is 2. The van der Waals surface area contributed by atoms with Gasteiger partial charge >= 0.3 is 0 Å². The monoisotopic (exact) mass is 243 g/mol. The average Bonchev–Trinajstić information content (AvgIpc) is 2.27. The lowest BCUT2D eigenvalue weighted by atomic mass is 10.0. The summed E-state index contributed by atoms with van der Waals surface area (Å²) in [5.41, 5.74) is 0. The van der Waals surface area contributed by atoms with Gasteiger partial charge in [-0.05, 0) is 18.9 Å². The molecule has 17 heavy (non-hydrogen) atoms. The lowest BCUT2D eigenvalue weighted by Crippen LogP contribution is -2.46. The molecule has 0 fully saturated rings. The summed E-state index contributed by atoms with van der Waals surface area (Å²) in [6.07, 6.45) is 1.06. The zero-order valence-electron chi connectivity index (χ0n) is 11.3. The largest absolute Gasteiger partial charge is 0.357 e. The number of nitrogens with one attached hydrogen (secondary N) is 3. The van der Waals surface area contributed by atoms with Crippen LogP contribution in [0.2, 0.25) is 0 Å². The fourth-order valence-corrected chi connectivity index (χ4v) is 1.52. The van der Waals surface area contributed by atoms with Gasteiger partial charge in [0.1, 0.15) is 6.04 Å². The van der Waals surface area contributed by atoms with Crippen molar-refractivity contribution < 1.29 is 9.59 Å². The van der Waals surface area contributed by atoms with Gasteiger partial charge in [-0.15, -0.1) is 0 Å². The number of amides is 2. The van der Waals surface area contributed by atoms with E-state index in [9.17, 15) is 9.59 Å². The zero-order chi connectivity index (χ0) is 13.3. The number of carbonyl (C=O) groups excluding carboxylic acids is 2. The molecule has 1 unspecified atom stereocenters. The Bertz CT molecular complexity index is 242. The van der Waals surface area contributed by atoms with Crippen LogP contribution in [0.5, 0.6) is 0 Å². The smallest absolute Gasteiger partial charge is 0.242 e. The van der Waals surface area contributed by atoms with Gasteiger partial charge in [-0.3, -0.25) is 9.59 Å². The lowest BCUT2D eigenvalue weighted by molar-refractivity contribution is -0.129. The van der Waals surface area contributed by atoms with Crippen molar-refractivity contribution in [3.8, 4) is 0 Å². The number of rotatable bonds is 8. The second-order valence-electron chi connectivity index (χ2n) is 4.47. The van der Waals surface area contributed by atoms with Gasteiger partial charge in [0.25, 0.3) is 0 Å². The first kappa shape index (κ1) is 15.9. The SMILES string of the molecule is CCNCCC(=O)NC(CC(C)C)C(=O)NC. The maximum Gasteiger partial charge on any atom is 0.242 e. The molecule has 2 amide bonds. The molecule has 1 atom stereocenters. The molecule has 0 aromatic rings. The molecule has 0 rings (SSSR count). The molecule has 0 aromatic carbocycles. The Kier molecular flexibility index (Phi) is 8.40. The van der Waals surface area contributed by atoms with E-state index in [1.807, 2.05) is 20.8 Å². The zero-order valence-corrected chi connectivity index (χ0v) is 11.3. The molecule has 5 nitrogen and oxygen atoms in total. The van der Waals surface area contributed by atoms with E-state index in [2.05, 4.69) is 16.0 Å². The quantitative estimate of drug-likeness (QED) is 0.536. The molecule has 3 N–H and O–H groups in total. The third kappa shape index (κ3) is 7.74. The first-order valence-corrected chi connectivity index (χ1v) is 6.22. The predicted octanol–water partition coefficient (Wildman–Crippen LogP) is 0.263. The van der Waals surface area contributed by atoms with Crippen LogP contribution in [0.25, 0.3) is 0 Å². The predicted molar refractivity (Wildman–Crippen MR) is 68.6 cm³/mol. The first-order valence-electron chi connectivity index (χ1n) is 6.22. The fraction of sp³-hybridized carbons (Fsp3) is 0.833. The third-order valence-electron chi connectivity index (χ3n) is 2.38. The fourth-order valence-electron chi connectivity index (χ4n) is 1.52. The molecule has 0 aliphatic carbocycles. The van der Waals surface area contributed by atoms with Crippen molar-refractivity contribution in [2.75, 3.05) is 20.1 Å². The maximum atomic E-state index is 11.6. The minimum Gasteiger partial charge on any atom is -0.357 e. The van der Waals surface area contributed by atoms with Crippen molar-refractivity contribution in [3.05, 3.63) is 0 Å². The Morgan fingerprint density at radius 3 is 2.35 bits per heavy atom. The van der Waals surface area contributed by atoms with E-state index >= 15 is 0 Å². The van der Waals surface area contributed by atoms with E-state index in [4.69, 9.17) is 0 Å². The second kappa shape index (κ2) is 8.98. The molecule has 0 aliphatic heterocycles. The molecule has 0 radical (unpaired) electrons. The van der Waals surface area contributed by atoms with Gasteiger partial charge in [0.2, 0.25) is 11.8 Å². The van der Waals surface area contributed by atoms with Crippen molar-refractivity contribution in [2.45, 2.75) is 39.7 Å². The van der Waals surface area contributed by atoms with E-state index in [1.165, 1.54) is 0 Å². The highest BCUT2D eigenvalue weighted by atomic mass is 16.2. The second-order valence-corrected chi connectivity index (χ2v) is 4.47. The van der Waals surface area contributed by atoms with Crippen molar-refractivity contribution >= 4 is 11.8 Å². The van der Waals surface area contributed by atoms with E-state index in [1.54, 1.807) is 7.05 Å². The molecule has 100 valence electrons. The molecular weight excluding hydrogens is 218 g/mol. The highest BCUT2D eigenvalue weighted by Crippen LogP contribution is 2.05. The van der Waals surface area contributed by atoms with E-state index in [0.29, 0.717) is 25.3 Å². The number of hydrogen-bond acceptors (Lipinski definition) is 3. The lowest BCUT2D eigenvalue weighted by Gasteiger charge is -2.19. The number of hydrogen-bond donors (Lipinski definition) is 3. The van der Waals surface area contributed by atoms with E-state index < -0.39 is 6.04 Å². The summed E-state index contributed by atoms with van der Waals surface area (Å²) in [4.78, 5) is 23.2. The Labute approximate surface area is 104 Å². The maximum absolute atomic E-state index is 11.6. The topological polar surface area (TPSA) is 70.2 Å². The van der Waals surface area contributed by atoms with Crippen LogP contribution in [0.3, 0.4) is 0 Å². The molecule has 0 spiro atoms. The number of likely N-dealkylation sites (N-methyl/N-ethyl adjacent to an activating group) is 1. The first-order chi connectivity index (χ1) is 8.01. The standard InChI is InChI=1S/C12H25N3O2/c1-5-14-7-6-11(16)15-10(8-9(2)3)12(17)13-4/h9-10,14H,5-8H2,1-4H3,(H,13,17)(H,15,16). The van der Waals surface area contributed by atoms with Gasteiger partial charge in [-0.25, -0.2) is 0 Å². The third-order valence-corrected chi connectivity index (χ3v) is 2.38. The van der Waals surface area contributed by atoms with Crippen molar-refractivity contribution in [1.82, 2.24) is 16.0 Å². The van der Waals surface area contributed by atoms with Gasteiger partial charge in [0.05, 0.1) is 0 Å². The van der Waals surface area contributed by atoms with Crippen LogP contribution in [-0.2, 0) is 9.59 Å². The van der Waals surface area contributed by atoms with Crippen LogP contribution >= 0.6 is 0 Å². The van der Waals surface area contributed by atoms with Gasteiger partial charge < -0.3 is 16.0 Å². The molecule has 5 heteroatoms. The summed E-state index contributed by atoms with van der Waals surface area (Å²) >= 11 is 0. The van der Waals surface area contributed by atoms with E-state index in [-0.39, 0.29) is 11.8 Å². The van der Waals surface area contributed by atoms with Crippen LogP contribution in [0.1, 0.15) is 33.6 Å². The van der Waals surface area contributed by atoms with Crippen LogP contribution in [0, 0.1) is 5.92 Å². The summed E-state index contributed by atoms with van der Waals surface area (Å²) in [6, 6.07) is -0.422. The van der Waals surface area contributed by atoms with Crippen LogP contribution in [0.4, 0.5) is 0 Å². The molecule has 0 bridgehead atoms. The Balaban J connectivity index is 4.13. The van der Waals surface area contributed by atoms with Crippen LogP contribution < -0.4 is 16.0 Å². The van der Waals surface area contributed by atoms with Gasteiger partial charge in [0, 0.05) is 20.0 Å². The van der Waals surface area contributed by atoms with E-state index in [0.717, 1.165) is 6.54 Å². The minimum absolute atomic E-state index is 0.0831. The molecule has 0 saturated carbocycles. The molecular formula is C12H25N3O2. The summed E-state index contributed by atoms with van der Waals surface area (Å²) in [6.45, 7) is 7.54. The molecule has 0 aliphatic rings. The highest BCUT2D eigenvalue weighted by molar-refractivity contribution is 5.87. The Morgan fingerprint density at radius 2 is 1.88 bits per heavy atom. The van der Waals surface area contributed by atoms with Crippen molar-refractivity contribution in [1.29, 1.82) is 0 Å². The Hall–Kier alpha value is -1.10. The highest BCUT2D eigenvalue weighted by Gasteiger charge is 2.20. The summed E-state index contributed by atoms with van der Waals surface area (Å²) in [7, 11) is 1.58. The molecule has 0 aromatic heterocycles. The van der Waals surface area contributed by atoms with Crippen molar-refractivity contribution in [2.24, 2.45) is 5.92 Å². The normalized spacial score (nSPS) is 12.3. The summed E-state index contributed by atoms with van der Waals surface area (Å²) < 4.78 is 0. The summed E-state index contributed by atoms with van der Waals surface area (Å²) in [5.74, 6) is 0.155. The molecule has 0 saturated heterocycles.